The normalized spacial score (nSPS) is 11.3. The SMILES string of the molecule is CN.CN=C(NC#N)Nc1cccc(NC(=O)c2cnn(-c3ccc(Cl)cc3)c2C(F)(F)F)c1.N#CNC(=Nc1cccc(NC(=O)c2cnn(-c3ccc(Cl)cc3)c2C(F)(F)F)c1)Oc1ccccc1. The quantitative estimate of drug-likeness (QED) is 0.0262. The van der Waals surface area contributed by atoms with Crippen LogP contribution in [0.1, 0.15) is 32.1 Å². The summed E-state index contributed by atoms with van der Waals surface area (Å²) in [6.07, 6.45) is -4.59. The van der Waals surface area contributed by atoms with Crippen LogP contribution in [0, 0.1) is 22.9 Å². The molecular formula is C46H36Cl2F6N14O3. The zero-order chi connectivity index (χ0) is 51.7. The van der Waals surface area contributed by atoms with Crippen LogP contribution in [0.25, 0.3) is 11.4 Å². The molecule has 0 unspecified atom stereocenters. The third kappa shape index (κ3) is 14.6. The van der Waals surface area contributed by atoms with E-state index in [9.17, 15) is 35.9 Å². The number of amidine groups is 1. The number of hydrogen-bond acceptors (Lipinski definition) is 10. The number of aliphatic imine (C=N–C) groups is 2. The van der Waals surface area contributed by atoms with E-state index in [-0.39, 0.29) is 40.4 Å². The van der Waals surface area contributed by atoms with Gasteiger partial charge in [-0.3, -0.25) is 19.9 Å². The second kappa shape index (κ2) is 24.4. The number of nitrogens with zero attached hydrogens (tertiary/aromatic N) is 8. The fourth-order valence-corrected chi connectivity index (χ4v) is 6.28. The van der Waals surface area contributed by atoms with Crippen LogP contribution in [0.5, 0.6) is 5.75 Å². The molecule has 71 heavy (non-hydrogen) atoms. The molecule has 0 aliphatic rings. The van der Waals surface area contributed by atoms with Gasteiger partial charge in [-0.2, -0.15) is 52.1 Å². The highest BCUT2D eigenvalue weighted by atomic mass is 35.5. The van der Waals surface area contributed by atoms with Gasteiger partial charge in [0.2, 0.25) is 5.96 Å². The molecule has 0 spiro atoms. The van der Waals surface area contributed by atoms with Gasteiger partial charge in [-0.25, -0.2) is 14.7 Å². The van der Waals surface area contributed by atoms with Gasteiger partial charge in [-0.1, -0.05) is 53.5 Å². The molecule has 0 saturated carbocycles. The average molecular weight is 1020 g/mol. The number of nitrogens with two attached hydrogens (primary N) is 1. The Hall–Kier alpha value is -8.90. The van der Waals surface area contributed by atoms with Crippen LogP contribution in [0.2, 0.25) is 10.0 Å². The molecule has 7 aromatic rings. The monoisotopic (exact) mass is 1020 g/mol. The lowest BCUT2D eigenvalue weighted by molar-refractivity contribution is -0.143. The summed E-state index contributed by atoms with van der Waals surface area (Å²) in [5, 5.41) is 38.2. The molecule has 25 heteroatoms. The zero-order valence-corrected chi connectivity index (χ0v) is 38.2. The van der Waals surface area contributed by atoms with Gasteiger partial charge in [0.05, 0.1) is 40.6 Å². The number of nitriles is 2. The maximum Gasteiger partial charge on any atom is 0.434 e. The Kier molecular flexibility index (Phi) is 18.2. The summed E-state index contributed by atoms with van der Waals surface area (Å²) >= 11 is 11.6. The smallest absolute Gasteiger partial charge is 0.425 e. The lowest BCUT2D eigenvalue weighted by Crippen LogP contribution is -2.26. The Morgan fingerprint density at radius 1 is 0.634 bits per heavy atom. The molecule has 0 fully saturated rings. The van der Waals surface area contributed by atoms with Gasteiger partial charge in [-0.05, 0) is 104 Å². The molecule has 0 atom stereocenters. The summed E-state index contributed by atoms with van der Waals surface area (Å²) in [5.74, 6) is -1.44. The predicted octanol–water partition coefficient (Wildman–Crippen LogP) is 9.77. The van der Waals surface area contributed by atoms with Crippen LogP contribution >= 0.6 is 23.2 Å². The largest absolute Gasteiger partial charge is 0.434 e. The van der Waals surface area contributed by atoms with E-state index in [0.29, 0.717) is 30.8 Å². The first-order valence-electron chi connectivity index (χ1n) is 20.1. The van der Waals surface area contributed by atoms with Crippen molar-refractivity contribution in [2.75, 3.05) is 30.0 Å². The van der Waals surface area contributed by atoms with Crippen molar-refractivity contribution < 1.29 is 40.7 Å². The lowest BCUT2D eigenvalue weighted by atomic mass is 10.2. The molecule has 2 heterocycles. The molecule has 0 aliphatic heterocycles. The second-order valence-corrected chi connectivity index (χ2v) is 14.5. The van der Waals surface area contributed by atoms with E-state index in [1.54, 1.807) is 60.9 Å². The number of carbonyl (C=O) groups is 2. The number of rotatable bonds is 9. The minimum atomic E-state index is -4.87. The lowest BCUT2D eigenvalue weighted by Gasteiger charge is -2.13. The number of para-hydroxylation sites is 1. The Morgan fingerprint density at radius 3 is 1.54 bits per heavy atom. The van der Waals surface area contributed by atoms with Crippen LogP contribution in [0.3, 0.4) is 0 Å². The van der Waals surface area contributed by atoms with E-state index in [0.717, 1.165) is 12.4 Å². The van der Waals surface area contributed by atoms with Gasteiger partial charge >= 0.3 is 18.4 Å². The molecule has 2 amide bonds. The van der Waals surface area contributed by atoms with E-state index < -0.39 is 46.7 Å². The number of aromatic nitrogens is 4. The molecular weight excluding hydrogens is 981 g/mol. The second-order valence-electron chi connectivity index (χ2n) is 13.6. The highest BCUT2D eigenvalue weighted by Gasteiger charge is 2.42. The highest BCUT2D eigenvalue weighted by molar-refractivity contribution is 6.30. The number of ether oxygens (including phenoxy) is 1. The number of amides is 2. The van der Waals surface area contributed by atoms with Gasteiger partial charge in [0.15, 0.2) is 23.8 Å². The van der Waals surface area contributed by atoms with Crippen LogP contribution in [0.4, 0.5) is 49.1 Å². The fourth-order valence-electron chi connectivity index (χ4n) is 6.03. The third-order valence-corrected chi connectivity index (χ3v) is 9.45. The Morgan fingerprint density at radius 2 is 1.08 bits per heavy atom. The zero-order valence-electron chi connectivity index (χ0n) is 36.7. The summed E-state index contributed by atoms with van der Waals surface area (Å²) in [6, 6.07) is 31.7. The van der Waals surface area contributed by atoms with Crippen LogP contribution < -0.4 is 37.1 Å². The van der Waals surface area contributed by atoms with E-state index in [1.807, 2.05) is 0 Å². The first-order valence-corrected chi connectivity index (χ1v) is 20.8. The van der Waals surface area contributed by atoms with Crippen molar-refractivity contribution >= 4 is 69.7 Å². The summed E-state index contributed by atoms with van der Waals surface area (Å²) in [5.41, 5.74) is 2.01. The summed E-state index contributed by atoms with van der Waals surface area (Å²) in [6.45, 7) is 0. The van der Waals surface area contributed by atoms with E-state index in [1.165, 1.54) is 93.0 Å². The molecule has 364 valence electrons. The van der Waals surface area contributed by atoms with Crippen LogP contribution in [0.15, 0.2) is 150 Å². The number of anilines is 3. The Bertz CT molecular complexity index is 3090. The number of nitrogens with one attached hydrogen (secondary N) is 5. The number of carbonyl (C=O) groups excluding carboxylic acids is 2. The predicted molar refractivity (Wildman–Crippen MR) is 255 cm³/mol. The summed E-state index contributed by atoms with van der Waals surface area (Å²) in [7, 11) is 2.95. The molecule has 7 rings (SSSR count). The van der Waals surface area contributed by atoms with Crippen molar-refractivity contribution in [3.8, 4) is 29.5 Å². The number of guanidine groups is 1. The van der Waals surface area contributed by atoms with E-state index >= 15 is 0 Å². The van der Waals surface area contributed by atoms with Gasteiger partial charge in [-0.15, -0.1) is 0 Å². The standard InChI is InChI=1S/C25H16ClF3N6O2.C20H15ClF3N7O.CH5N/c26-16-9-11-19(12-10-16)35-22(25(27,28)29)21(14-32-35)23(36)33-17-5-4-6-18(13-17)34-24(31-15-30)37-20-7-2-1-3-8-20;1-26-19(27-11-25)30-14-4-2-3-13(9-14)29-18(32)16-10-28-31(17(16)20(22,23)24)15-7-5-12(21)6-8-15;1-2/h1-14H,(H,31,34)(H,33,36);2-10H,1H3,(H,29,32)(H2,26,27,30);2H2,1H3. The topological polar surface area (TPSA) is 237 Å². The van der Waals surface area contributed by atoms with Crippen molar-refractivity contribution in [1.29, 1.82) is 10.5 Å². The van der Waals surface area contributed by atoms with Crippen molar-refractivity contribution in [3.05, 3.63) is 172 Å². The van der Waals surface area contributed by atoms with Crippen molar-refractivity contribution in [2.45, 2.75) is 12.4 Å². The van der Waals surface area contributed by atoms with E-state index in [4.69, 9.17) is 38.5 Å². The van der Waals surface area contributed by atoms with E-state index in [2.05, 4.69) is 52.5 Å². The molecule has 0 bridgehead atoms. The minimum Gasteiger partial charge on any atom is -0.425 e. The maximum atomic E-state index is 13.9. The minimum absolute atomic E-state index is 0.0862. The average Bonchev–Trinajstić information content (AvgIpc) is 4.01. The number of benzene rings is 5. The Balaban J connectivity index is 0.000000258. The molecule has 17 nitrogen and oxygen atoms in total. The van der Waals surface area contributed by atoms with Crippen molar-refractivity contribution in [3.63, 3.8) is 0 Å². The first-order chi connectivity index (χ1) is 34.0. The summed E-state index contributed by atoms with van der Waals surface area (Å²) in [4.78, 5) is 33.6. The highest BCUT2D eigenvalue weighted by Crippen LogP contribution is 2.36. The fraction of sp³-hybridized carbons (Fsp3) is 0.0870. The molecule has 2 aromatic heterocycles. The molecule has 5 aromatic carbocycles. The number of alkyl halides is 6. The molecule has 0 aliphatic carbocycles. The van der Waals surface area contributed by atoms with Crippen molar-refractivity contribution in [2.24, 2.45) is 15.7 Å². The van der Waals surface area contributed by atoms with Gasteiger partial charge in [0, 0.05) is 34.2 Å². The third-order valence-electron chi connectivity index (χ3n) is 8.94. The van der Waals surface area contributed by atoms with Crippen LogP contribution in [-0.2, 0) is 12.4 Å². The first kappa shape index (κ1) is 53.1. The summed E-state index contributed by atoms with van der Waals surface area (Å²) < 4.78 is 90.0. The molecule has 0 radical (unpaired) electrons. The Labute approximate surface area is 409 Å². The molecule has 0 saturated heterocycles. The van der Waals surface area contributed by atoms with Gasteiger partial charge in [0.1, 0.15) is 5.75 Å². The number of halogens is 8. The van der Waals surface area contributed by atoms with Gasteiger partial charge in [0.25, 0.3) is 11.8 Å². The van der Waals surface area contributed by atoms with Crippen LogP contribution in [-0.4, -0.2) is 57.5 Å². The van der Waals surface area contributed by atoms with Crippen molar-refractivity contribution in [1.82, 2.24) is 30.2 Å². The van der Waals surface area contributed by atoms with Gasteiger partial charge < -0.3 is 26.4 Å². The number of hydrogen-bond donors (Lipinski definition) is 6. The maximum absolute atomic E-state index is 13.9. The molecule has 7 N–H and O–H groups in total.